The van der Waals surface area contributed by atoms with Crippen molar-refractivity contribution in [3.63, 3.8) is 0 Å². The van der Waals surface area contributed by atoms with Crippen LogP contribution in [-0.4, -0.2) is 58.3 Å². The summed E-state index contributed by atoms with van der Waals surface area (Å²) in [6, 6.07) is 12.9. The van der Waals surface area contributed by atoms with E-state index in [1.54, 1.807) is 17.0 Å². The van der Waals surface area contributed by atoms with Crippen LogP contribution in [0.15, 0.2) is 36.4 Å². The molecule has 1 fully saturated rings. The average molecular weight is 449 g/mol. The number of carbonyl (C=O) groups excluding carboxylic acids is 1. The second kappa shape index (κ2) is 9.44. The van der Waals surface area contributed by atoms with E-state index in [1.165, 1.54) is 11.3 Å². The Morgan fingerprint density at radius 3 is 2.78 bits per heavy atom. The van der Waals surface area contributed by atoms with Crippen molar-refractivity contribution >= 4 is 22.5 Å². The van der Waals surface area contributed by atoms with Gasteiger partial charge < -0.3 is 15.3 Å². The summed E-state index contributed by atoms with van der Waals surface area (Å²) in [5.74, 6) is 0. The van der Waals surface area contributed by atoms with Crippen molar-refractivity contribution in [3.8, 4) is 27.8 Å². The number of aliphatic hydroxyl groups is 1. The summed E-state index contributed by atoms with van der Waals surface area (Å²) < 4.78 is 0. The van der Waals surface area contributed by atoms with Gasteiger partial charge in [-0.05, 0) is 43.7 Å². The third kappa shape index (κ3) is 4.62. The molecule has 0 aliphatic carbocycles. The topological polar surface area (TPSA) is 114 Å². The number of nitrogens with one attached hydrogen (secondary N) is 2. The van der Waals surface area contributed by atoms with Crippen LogP contribution in [0.3, 0.4) is 0 Å². The van der Waals surface area contributed by atoms with Crippen molar-refractivity contribution in [2.75, 3.05) is 31.6 Å². The Morgan fingerprint density at radius 1 is 1.28 bits per heavy atom. The van der Waals surface area contributed by atoms with E-state index in [0.29, 0.717) is 36.0 Å². The predicted molar refractivity (Wildman–Crippen MR) is 124 cm³/mol. The van der Waals surface area contributed by atoms with Crippen LogP contribution < -0.4 is 10.6 Å². The predicted octanol–water partition coefficient (Wildman–Crippen LogP) is 3.16. The van der Waals surface area contributed by atoms with Gasteiger partial charge in [0.15, 0.2) is 5.13 Å². The SMILES string of the molecule is Cc1cc(-c2sc(NC(=O)N3CCNC[C@H]3CO)nc2-c2cccc(C#N)c2)cc(C)n1. The van der Waals surface area contributed by atoms with Gasteiger partial charge in [-0.2, -0.15) is 5.26 Å². The van der Waals surface area contributed by atoms with Crippen LogP contribution in [0.2, 0.25) is 0 Å². The van der Waals surface area contributed by atoms with Crippen LogP contribution in [0.5, 0.6) is 0 Å². The Kier molecular flexibility index (Phi) is 6.46. The maximum atomic E-state index is 12.9. The second-order valence-electron chi connectivity index (χ2n) is 7.69. The Hall–Kier alpha value is -3.32. The van der Waals surface area contributed by atoms with Crippen molar-refractivity contribution in [1.29, 1.82) is 5.26 Å². The molecule has 3 aromatic rings. The van der Waals surface area contributed by atoms with Gasteiger partial charge in [-0.15, -0.1) is 0 Å². The minimum Gasteiger partial charge on any atom is -0.394 e. The molecule has 3 N–H and O–H groups in total. The third-order valence-corrected chi connectivity index (χ3v) is 6.29. The zero-order chi connectivity index (χ0) is 22.7. The highest BCUT2D eigenvalue weighted by atomic mass is 32.1. The Bertz CT molecular complexity index is 1170. The van der Waals surface area contributed by atoms with Crippen LogP contribution >= 0.6 is 11.3 Å². The Labute approximate surface area is 190 Å². The highest BCUT2D eigenvalue weighted by Gasteiger charge is 2.27. The number of nitrogens with zero attached hydrogens (tertiary/aromatic N) is 4. The number of anilines is 1. The molecule has 1 atom stereocenters. The molecule has 2 amide bonds. The first-order valence-corrected chi connectivity index (χ1v) is 11.2. The van der Waals surface area contributed by atoms with E-state index in [0.717, 1.165) is 27.4 Å². The van der Waals surface area contributed by atoms with E-state index < -0.39 is 0 Å². The van der Waals surface area contributed by atoms with Gasteiger partial charge in [0.1, 0.15) is 0 Å². The van der Waals surface area contributed by atoms with Crippen molar-refractivity contribution in [3.05, 3.63) is 53.3 Å². The van der Waals surface area contributed by atoms with Gasteiger partial charge in [-0.1, -0.05) is 23.5 Å². The number of piperazine rings is 1. The second-order valence-corrected chi connectivity index (χ2v) is 8.69. The van der Waals surface area contributed by atoms with Crippen LogP contribution in [0.1, 0.15) is 17.0 Å². The summed E-state index contributed by atoms with van der Waals surface area (Å²) in [6.45, 7) is 5.51. The highest BCUT2D eigenvalue weighted by Crippen LogP contribution is 2.39. The average Bonchev–Trinajstić information content (AvgIpc) is 3.22. The summed E-state index contributed by atoms with van der Waals surface area (Å²) in [7, 11) is 0. The van der Waals surface area contributed by atoms with Gasteiger partial charge in [0.05, 0.1) is 34.9 Å². The molecule has 1 aromatic carbocycles. The third-order valence-electron chi connectivity index (χ3n) is 5.27. The summed E-state index contributed by atoms with van der Waals surface area (Å²) >= 11 is 1.38. The van der Waals surface area contributed by atoms with Crippen molar-refractivity contribution in [2.45, 2.75) is 19.9 Å². The first-order valence-electron chi connectivity index (χ1n) is 10.3. The number of nitriles is 1. The lowest BCUT2D eigenvalue weighted by atomic mass is 10.0. The lowest BCUT2D eigenvalue weighted by molar-refractivity contribution is 0.124. The van der Waals surface area contributed by atoms with Crippen LogP contribution in [0.25, 0.3) is 21.7 Å². The monoisotopic (exact) mass is 448 g/mol. The number of carbonyl (C=O) groups is 1. The fourth-order valence-electron chi connectivity index (χ4n) is 3.82. The van der Waals surface area contributed by atoms with E-state index in [2.05, 4.69) is 21.7 Å². The van der Waals surface area contributed by atoms with Crippen molar-refractivity contribution in [2.24, 2.45) is 0 Å². The molecule has 0 saturated carbocycles. The van der Waals surface area contributed by atoms with E-state index in [-0.39, 0.29) is 18.7 Å². The molecule has 1 aliphatic heterocycles. The maximum Gasteiger partial charge on any atom is 0.324 e. The molecule has 2 aromatic heterocycles. The largest absolute Gasteiger partial charge is 0.394 e. The molecular formula is C23H24N6O2S. The number of rotatable bonds is 4. The molecule has 3 heterocycles. The molecule has 8 nitrogen and oxygen atoms in total. The van der Waals surface area contributed by atoms with Crippen molar-refractivity contribution < 1.29 is 9.90 Å². The number of thiazole rings is 1. The molecule has 1 saturated heterocycles. The summed E-state index contributed by atoms with van der Waals surface area (Å²) in [6.07, 6.45) is 0. The van der Waals surface area contributed by atoms with Crippen LogP contribution in [-0.2, 0) is 0 Å². The molecule has 32 heavy (non-hydrogen) atoms. The van der Waals surface area contributed by atoms with Crippen LogP contribution in [0.4, 0.5) is 9.93 Å². The van der Waals surface area contributed by atoms with E-state index >= 15 is 0 Å². The number of amides is 2. The quantitative estimate of drug-likeness (QED) is 0.565. The smallest absolute Gasteiger partial charge is 0.324 e. The van der Waals surface area contributed by atoms with Gasteiger partial charge >= 0.3 is 6.03 Å². The number of urea groups is 1. The normalized spacial score (nSPS) is 15.9. The van der Waals surface area contributed by atoms with Gasteiger partial charge in [-0.3, -0.25) is 10.3 Å². The minimum absolute atomic E-state index is 0.106. The standard InChI is InChI=1S/C23H24N6O2S/c1-14-8-18(9-15(2)26-14)21-20(17-5-3-4-16(10-17)11-24)27-22(32-21)28-23(31)29-7-6-25-12-19(29)13-30/h3-5,8-10,19,25,30H,6-7,12-13H2,1-2H3,(H,27,28,31)/t19-/m0/s1. The Morgan fingerprint density at radius 2 is 2.06 bits per heavy atom. The molecule has 0 radical (unpaired) electrons. The first kappa shape index (κ1) is 21.9. The number of aromatic nitrogens is 2. The van der Waals surface area contributed by atoms with Gasteiger partial charge in [0.2, 0.25) is 0 Å². The number of benzene rings is 1. The molecule has 9 heteroatoms. The van der Waals surface area contributed by atoms with Gasteiger partial charge in [0.25, 0.3) is 0 Å². The number of aliphatic hydroxyl groups excluding tert-OH is 1. The molecule has 0 bridgehead atoms. The summed E-state index contributed by atoms with van der Waals surface area (Å²) in [5.41, 5.74) is 4.79. The van der Waals surface area contributed by atoms with E-state index in [9.17, 15) is 15.2 Å². The van der Waals surface area contributed by atoms with E-state index in [1.807, 2.05) is 38.1 Å². The zero-order valence-corrected chi connectivity index (χ0v) is 18.7. The van der Waals surface area contributed by atoms with Crippen LogP contribution in [0, 0.1) is 25.2 Å². The van der Waals surface area contributed by atoms with Gasteiger partial charge in [-0.25, -0.2) is 9.78 Å². The molecular weight excluding hydrogens is 424 g/mol. The molecule has 1 aliphatic rings. The summed E-state index contributed by atoms with van der Waals surface area (Å²) in [5, 5.41) is 25.5. The van der Waals surface area contributed by atoms with E-state index in [4.69, 9.17) is 4.98 Å². The lowest BCUT2D eigenvalue weighted by Gasteiger charge is -2.34. The highest BCUT2D eigenvalue weighted by molar-refractivity contribution is 7.19. The maximum absolute atomic E-state index is 12.9. The summed E-state index contributed by atoms with van der Waals surface area (Å²) in [4.78, 5) is 24.6. The fraction of sp³-hybridized carbons (Fsp3) is 0.304. The molecule has 0 spiro atoms. The zero-order valence-electron chi connectivity index (χ0n) is 17.9. The van der Waals surface area contributed by atoms with Crippen molar-refractivity contribution in [1.82, 2.24) is 20.2 Å². The molecule has 164 valence electrons. The fourth-order valence-corrected chi connectivity index (χ4v) is 4.79. The molecule has 0 unspecified atom stereocenters. The Balaban J connectivity index is 1.73. The molecule has 4 rings (SSSR count). The number of hydrogen-bond donors (Lipinski definition) is 3. The minimum atomic E-state index is -0.287. The first-order chi connectivity index (χ1) is 15.5. The van der Waals surface area contributed by atoms with Gasteiger partial charge in [0, 0.05) is 36.6 Å². The number of pyridine rings is 1. The number of aryl methyl sites for hydroxylation is 2. The lowest BCUT2D eigenvalue weighted by Crippen LogP contribution is -2.56. The number of hydrogen-bond acceptors (Lipinski definition) is 7.